The van der Waals surface area contributed by atoms with Gasteiger partial charge in [-0.2, -0.15) is 0 Å². The molecule has 0 aliphatic heterocycles. The molecule has 3 N–H and O–H groups in total. The van der Waals surface area contributed by atoms with Crippen molar-refractivity contribution in [1.29, 1.82) is 0 Å². The minimum atomic E-state index is 0.505. The van der Waals surface area contributed by atoms with Gasteiger partial charge < -0.3 is 11.1 Å². The maximum Gasteiger partial charge on any atom is 0.106 e. The minimum absolute atomic E-state index is 0.505. The quantitative estimate of drug-likeness (QED) is 0.848. The lowest BCUT2D eigenvalue weighted by atomic mass is 9.76. The van der Waals surface area contributed by atoms with Crippen molar-refractivity contribution in [3.05, 3.63) is 16.1 Å². The summed E-state index contributed by atoms with van der Waals surface area (Å²) in [5, 5.41) is 6.70. The van der Waals surface area contributed by atoms with Crippen LogP contribution in [0.5, 0.6) is 0 Å². The molecule has 1 aromatic heterocycles. The Morgan fingerprint density at radius 3 is 2.82 bits per heavy atom. The third-order valence-corrected chi connectivity index (χ3v) is 4.61. The topological polar surface area (TPSA) is 50.9 Å². The van der Waals surface area contributed by atoms with Crippen LogP contribution < -0.4 is 11.1 Å². The van der Waals surface area contributed by atoms with E-state index in [2.05, 4.69) is 22.6 Å². The predicted octanol–water partition coefficient (Wildman–Crippen LogP) is 2.66. The standard InChI is InChI=1S/C13H23N3S/c1-13(5-3-2-4-6-13)10-15-8-11-9-17-12(7-14)16-11/h9,15H,2-8,10,14H2,1H3. The Morgan fingerprint density at radius 1 is 1.41 bits per heavy atom. The van der Waals surface area contributed by atoms with Gasteiger partial charge in [-0.1, -0.05) is 26.2 Å². The van der Waals surface area contributed by atoms with Crippen LogP contribution in [0.4, 0.5) is 0 Å². The molecule has 0 saturated heterocycles. The molecular formula is C13H23N3S. The molecule has 96 valence electrons. The highest BCUT2D eigenvalue weighted by molar-refractivity contribution is 7.09. The van der Waals surface area contributed by atoms with Crippen LogP contribution >= 0.6 is 11.3 Å². The van der Waals surface area contributed by atoms with Crippen LogP contribution in [0.3, 0.4) is 0 Å². The first-order valence-electron chi connectivity index (χ1n) is 6.56. The maximum atomic E-state index is 5.56. The highest BCUT2D eigenvalue weighted by atomic mass is 32.1. The molecule has 0 unspecified atom stereocenters. The van der Waals surface area contributed by atoms with Gasteiger partial charge in [0, 0.05) is 25.0 Å². The lowest BCUT2D eigenvalue weighted by molar-refractivity contribution is 0.207. The van der Waals surface area contributed by atoms with E-state index in [4.69, 9.17) is 5.73 Å². The van der Waals surface area contributed by atoms with E-state index in [1.807, 2.05) is 0 Å². The number of hydrogen-bond acceptors (Lipinski definition) is 4. The zero-order chi connectivity index (χ0) is 12.1. The summed E-state index contributed by atoms with van der Waals surface area (Å²) in [6, 6.07) is 0. The molecule has 17 heavy (non-hydrogen) atoms. The van der Waals surface area contributed by atoms with Crippen molar-refractivity contribution in [3.8, 4) is 0 Å². The molecule has 1 aliphatic rings. The Balaban J connectivity index is 1.74. The van der Waals surface area contributed by atoms with Crippen LogP contribution in [0.1, 0.15) is 49.7 Å². The number of nitrogens with zero attached hydrogens (tertiary/aromatic N) is 1. The Hall–Kier alpha value is -0.450. The van der Waals surface area contributed by atoms with E-state index in [-0.39, 0.29) is 0 Å². The number of rotatable bonds is 5. The van der Waals surface area contributed by atoms with Crippen LogP contribution in [-0.2, 0) is 13.1 Å². The monoisotopic (exact) mass is 253 g/mol. The van der Waals surface area contributed by atoms with Crippen LogP contribution in [0.25, 0.3) is 0 Å². The van der Waals surface area contributed by atoms with E-state index in [1.165, 1.54) is 32.1 Å². The lowest BCUT2D eigenvalue weighted by Gasteiger charge is -2.33. The summed E-state index contributed by atoms with van der Waals surface area (Å²) in [5.74, 6) is 0. The number of hydrogen-bond donors (Lipinski definition) is 2. The number of nitrogens with two attached hydrogens (primary N) is 1. The fraction of sp³-hybridized carbons (Fsp3) is 0.769. The van der Waals surface area contributed by atoms with Gasteiger partial charge in [0.05, 0.1) is 5.69 Å². The highest BCUT2D eigenvalue weighted by Crippen LogP contribution is 2.34. The second-order valence-electron chi connectivity index (χ2n) is 5.41. The first kappa shape index (κ1) is 13.0. The van der Waals surface area contributed by atoms with Crippen LogP contribution in [-0.4, -0.2) is 11.5 Å². The number of aromatic nitrogens is 1. The third-order valence-electron chi connectivity index (χ3n) is 3.69. The average Bonchev–Trinajstić information content (AvgIpc) is 2.78. The van der Waals surface area contributed by atoms with Gasteiger partial charge in [0.25, 0.3) is 0 Å². The van der Waals surface area contributed by atoms with E-state index in [1.54, 1.807) is 11.3 Å². The summed E-state index contributed by atoms with van der Waals surface area (Å²) >= 11 is 1.66. The molecule has 0 bridgehead atoms. The maximum absolute atomic E-state index is 5.56. The van der Waals surface area contributed by atoms with Crippen molar-refractivity contribution < 1.29 is 0 Å². The molecule has 0 amide bonds. The summed E-state index contributed by atoms with van der Waals surface area (Å²) in [5.41, 5.74) is 7.20. The molecule has 3 nitrogen and oxygen atoms in total. The van der Waals surface area contributed by atoms with Crippen molar-refractivity contribution in [3.63, 3.8) is 0 Å². The van der Waals surface area contributed by atoms with Gasteiger partial charge in [-0.05, 0) is 18.3 Å². The molecule has 0 spiro atoms. The van der Waals surface area contributed by atoms with E-state index in [9.17, 15) is 0 Å². The fourth-order valence-electron chi connectivity index (χ4n) is 2.60. The number of thiazole rings is 1. The van der Waals surface area contributed by atoms with Gasteiger partial charge >= 0.3 is 0 Å². The summed E-state index contributed by atoms with van der Waals surface area (Å²) in [6.07, 6.45) is 6.94. The Morgan fingerprint density at radius 2 is 2.18 bits per heavy atom. The molecule has 1 aliphatic carbocycles. The van der Waals surface area contributed by atoms with Crippen molar-refractivity contribution in [2.45, 2.75) is 52.1 Å². The summed E-state index contributed by atoms with van der Waals surface area (Å²) in [7, 11) is 0. The smallest absolute Gasteiger partial charge is 0.106 e. The van der Waals surface area contributed by atoms with Gasteiger partial charge in [0.1, 0.15) is 5.01 Å². The lowest BCUT2D eigenvalue weighted by Crippen LogP contribution is -2.33. The Bertz CT molecular complexity index is 342. The second kappa shape index (κ2) is 5.94. The van der Waals surface area contributed by atoms with E-state index < -0.39 is 0 Å². The Labute approximate surface area is 108 Å². The van der Waals surface area contributed by atoms with Crippen LogP contribution in [0, 0.1) is 5.41 Å². The van der Waals surface area contributed by atoms with Gasteiger partial charge in [-0.25, -0.2) is 4.98 Å². The zero-order valence-electron chi connectivity index (χ0n) is 10.7. The molecule has 0 atom stereocenters. The largest absolute Gasteiger partial charge is 0.325 e. The van der Waals surface area contributed by atoms with Crippen molar-refractivity contribution in [1.82, 2.24) is 10.3 Å². The fourth-order valence-corrected chi connectivity index (χ4v) is 3.27. The second-order valence-corrected chi connectivity index (χ2v) is 6.35. The van der Waals surface area contributed by atoms with Gasteiger partial charge in [-0.3, -0.25) is 0 Å². The normalized spacial score (nSPS) is 19.4. The van der Waals surface area contributed by atoms with Crippen molar-refractivity contribution in [2.75, 3.05) is 6.54 Å². The summed E-state index contributed by atoms with van der Waals surface area (Å²) in [6.45, 7) is 4.96. The average molecular weight is 253 g/mol. The SMILES string of the molecule is CC1(CNCc2csc(CN)n2)CCCCC1. The molecule has 4 heteroatoms. The highest BCUT2D eigenvalue weighted by Gasteiger charge is 2.25. The predicted molar refractivity (Wildman–Crippen MR) is 72.9 cm³/mol. The molecule has 1 heterocycles. The summed E-state index contributed by atoms with van der Waals surface area (Å²) < 4.78 is 0. The molecule has 0 aromatic carbocycles. The van der Waals surface area contributed by atoms with E-state index in [0.29, 0.717) is 12.0 Å². The third kappa shape index (κ3) is 3.76. The molecular weight excluding hydrogens is 230 g/mol. The molecule has 2 rings (SSSR count). The van der Waals surface area contributed by atoms with Crippen molar-refractivity contribution >= 4 is 11.3 Å². The van der Waals surface area contributed by atoms with Gasteiger partial charge in [0.15, 0.2) is 0 Å². The van der Waals surface area contributed by atoms with Crippen LogP contribution in [0.2, 0.25) is 0 Å². The Kier molecular flexibility index (Phi) is 4.54. The van der Waals surface area contributed by atoms with Gasteiger partial charge in [0.2, 0.25) is 0 Å². The molecule has 0 radical (unpaired) electrons. The van der Waals surface area contributed by atoms with E-state index >= 15 is 0 Å². The van der Waals surface area contributed by atoms with E-state index in [0.717, 1.165) is 23.8 Å². The zero-order valence-corrected chi connectivity index (χ0v) is 11.5. The molecule has 1 aromatic rings. The molecule has 1 saturated carbocycles. The first-order chi connectivity index (χ1) is 8.22. The molecule has 1 fully saturated rings. The first-order valence-corrected chi connectivity index (χ1v) is 7.44. The van der Waals surface area contributed by atoms with Crippen molar-refractivity contribution in [2.24, 2.45) is 11.1 Å². The summed E-state index contributed by atoms with van der Waals surface area (Å²) in [4.78, 5) is 4.47. The minimum Gasteiger partial charge on any atom is -0.325 e. The van der Waals surface area contributed by atoms with Crippen LogP contribution in [0.15, 0.2) is 5.38 Å². The van der Waals surface area contributed by atoms with Gasteiger partial charge in [-0.15, -0.1) is 11.3 Å². The number of nitrogens with one attached hydrogen (secondary N) is 1.